The van der Waals surface area contributed by atoms with Crippen molar-refractivity contribution in [2.24, 2.45) is 17.8 Å². The number of benzene rings is 1. The number of rotatable bonds is 5. The minimum atomic E-state index is -0.126. The minimum Gasteiger partial charge on any atom is -0.339 e. The van der Waals surface area contributed by atoms with Crippen molar-refractivity contribution in [3.8, 4) is 0 Å². The van der Waals surface area contributed by atoms with Crippen molar-refractivity contribution in [2.75, 3.05) is 23.7 Å². The summed E-state index contributed by atoms with van der Waals surface area (Å²) >= 11 is 0. The molecule has 7 heteroatoms. The van der Waals surface area contributed by atoms with E-state index in [1.54, 1.807) is 47.5 Å². The zero-order chi connectivity index (χ0) is 21.1. The van der Waals surface area contributed by atoms with Crippen LogP contribution in [0.15, 0.2) is 48.7 Å². The molecule has 2 heterocycles. The van der Waals surface area contributed by atoms with E-state index in [9.17, 15) is 14.4 Å². The summed E-state index contributed by atoms with van der Waals surface area (Å²) in [5.41, 5.74) is 1.30. The Hall–Kier alpha value is -3.22. The van der Waals surface area contributed by atoms with Gasteiger partial charge in [-0.05, 0) is 61.6 Å². The number of nitrogens with one attached hydrogen (secondary N) is 2. The monoisotopic (exact) mass is 406 g/mol. The SMILES string of the molecule is CC1CC1C(=O)Nc1ccc(C(=O)N2CCC(C(=O)Nc3ccccn3)CC2)cc1. The third-order valence-corrected chi connectivity index (χ3v) is 5.91. The summed E-state index contributed by atoms with van der Waals surface area (Å²) in [5, 5.41) is 5.74. The third kappa shape index (κ3) is 4.67. The van der Waals surface area contributed by atoms with Gasteiger partial charge in [0.25, 0.3) is 5.91 Å². The Morgan fingerprint density at radius 2 is 1.67 bits per heavy atom. The van der Waals surface area contributed by atoms with Gasteiger partial charge in [-0.2, -0.15) is 0 Å². The molecule has 2 aliphatic rings. The van der Waals surface area contributed by atoms with Crippen molar-refractivity contribution < 1.29 is 14.4 Å². The van der Waals surface area contributed by atoms with Gasteiger partial charge < -0.3 is 15.5 Å². The van der Waals surface area contributed by atoms with Crippen LogP contribution >= 0.6 is 0 Å². The van der Waals surface area contributed by atoms with Gasteiger partial charge in [-0.1, -0.05) is 13.0 Å². The molecule has 3 amide bonds. The predicted molar refractivity (Wildman–Crippen MR) is 114 cm³/mol. The first-order chi connectivity index (χ1) is 14.5. The Morgan fingerprint density at radius 3 is 2.27 bits per heavy atom. The van der Waals surface area contributed by atoms with Crippen LogP contribution in [-0.4, -0.2) is 40.7 Å². The van der Waals surface area contributed by atoms with E-state index < -0.39 is 0 Å². The number of pyridine rings is 1. The number of carbonyl (C=O) groups is 3. The van der Waals surface area contributed by atoms with Gasteiger partial charge in [0.05, 0.1) is 0 Å². The van der Waals surface area contributed by atoms with E-state index in [4.69, 9.17) is 0 Å². The lowest BCUT2D eigenvalue weighted by molar-refractivity contribution is -0.121. The van der Waals surface area contributed by atoms with Crippen molar-refractivity contribution in [2.45, 2.75) is 26.2 Å². The van der Waals surface area contributed by atoms with Crippen molar-refractivity contribution >= 4 is 29.2 Å². The summed E-state index contributed by atoms with van der Waals surface area (Å²) in [6, 6.07) is 12.4. The standard InChI is InChI=1S/C23H26N4O3/c1-15-14-19(15)22(29)25-18-7-5-17(6-8-18)23(30)27-12-9-16(10-13-27)21(28)26-20-4-2-3-11-24-20/h2-8,11,15-16,19H,9-10,12-14H2,1H3,(H,25,29)(H,24,26,28). The molecule has 2 fully saturated rings. The summed E-state index contributed by atoms with van der Waals surface area (Å²) in [5.74, 6) is 0.941. The van der Waals surface area contributed by atoms with E-state index in [1.165, 1.54) is 0 Å². The average Bonchev–Trinajstić information content (AvgIpc) is 3.51. The number of likely N-dealkylation sites (tertiary alicyclic amines) is 1. The van der Waals surface area contributed by atoms with Gasteiger partial charge >= 0.3 is 0 Å². The second-order valence-corrected chi connectivity index (χ2v) is 8.16. The summed E-state index contributed by atoms with van der Waals surface area (Å²) in [6.45, 7) is 3.14. The van der Waals surface area contributed by atoms with E-state index in [2.05, 4.69) is 22.5 Å². The van der Waals surface area contributed by atoms with Crippen LogP contribution < -0.4 is 10.6 Å². The molecule has 2 atom stereocenters. The average molecular weight is 406 g/mol. The summed E-state index contributed by atoms with van der Waals surface area (Å²) in [6.07, 6.45) is 3.83. The maximum atomic E-state index is 12.8. The maximum Gasteiger partial charge on any atom is 0.253 e. The number of hydrogen-bond donors (Lipinski definition) is 2. The highest BCUT2D eigenvalue weighted by atomic mass is 16.2. The molecule has 156 valence electrons. The lowest BCUT2D eigenvalue weighted by atomic mass is 9.95. The van der Waals surface area contributed by atoms with Crippen LogP contribution in [0.2, 0.25) is 0 Å². The van der Waals surface area contributed by atoms with E-state index >= 15 is 0 Å². The molecular weight excluding hydrogens is 380 g/mol. The predicted octanol–water partition coefficient (Wildman–Crippen LogP) is 3.17. The number of piperidine rings is 1. The van der Waals surface area contributed by atoms with Crippen LogP contribution in [0.1, 0.15) is 36.5 Å². The van der Waals surface area contributed by atoms with Crippen molar-refractivity contribution in [3.05, 3.63) is 54.2 Å². The third-order valence-electron chi connectivity index (χ3n) is 5.91. The Morgan fingerprint density at radius 1 is 0.967 bits per heavy atom. The van der Waals surface area contributed by atoms with Crippen LogP contribution in [0.4, 0.5) is 11.5 Å². The fourth-order valence-electron chi connectivity index (χ4n) is 3.81. The van der Waals surface area contributed by atoms with Gasteiger partial charge in [0.15, 0.2) is 0 Å². The zero-order valence-electron chi connectivity index (χ0n) is 17.0. The van der Waals surface area contributed by atoms with Crippen LogP contribution in [0.3, 0.4) is 0 Å². The molecule has 2 aromatic rings. The topological polar surface area (TPSA) is 91.4 Å². The first-order valence-electron chi connectivity index (χ1n) is 10.4. The number of amides is 3. The van der Waals surface area contributed by atoms with Crippen LogP contribution in [-0.2, 0) is 9.59 Å². The molecule has 1 aromatic heterocycles. The summed E-state index contributed by atoms with van der Waals surface area (Å²) in [7, 11) is 0. The molecule has 2 N–H and O–H groups in total. The van der Waals surface area contributed by atoms with Crippen LogP contribution in [0.25, 0.3) is 0 Å². The van der Waals surface area contributed by atoms with Crippen molar-refractivity contribution in [1.29, 1.82) is 0 Å². The molecule has 2 unspecified atom stereocenters. The molecular formula is C23H26N4O3. The normalized spacial score (nSPS) is 21.0. The van der Waals surface area contributed by atoms with Crippen molar-refractivity contribution in [1.82, 2.24) is 9.88 Å². The molecule has 7 nitrogen and oxygen atoms in total. The van der Waals surface area contributed by atoms with Crippen LogP contribution in [0, 0.1) is 17.8 Å². The fraction of sp³-hybridized carbons (Fsp3) is 0.391. The molecule has 0 bridgehead atoms. The number of carbonyl (C=O) groups excluding carboxylic acids is 3. The summed E-state index contributed by atoms with van der Waals surface area (Å²) < 4.78 is 0. The Labute approximate surface area is 175 Å². The Balaban J connectivity index is 1.27. The quantitative estimate of drug-likeness (QED) is 0.798. The molecule has 0 radical (unpaired) electrons. The second kappa shape index (κ2) is 8.65. The molecule has 4 rings (SSSR count). The number of aromatic nitrogens is 1. The molecule has 1 aromatic carbocycles. The molecule has 1 saturated heterocycles. The van der Waals surface area contributed by atoms with Gasteiger partial charge in [0, 0.05) is 42.4 Å². The Kier molecular flexibility index (Phi) is 5.79. The lowest BCUT2D eigenvalue weighted by Crippen LogP contribution is -2.41. The number of hydrogen-bond acceptors (Lipinski definition) is 4. The fourth-order valence-corrected chi connectivity index (χ4v) is 3.81. The lowest BCUT2D eigenvalue weighted by Gasteiger charge is -2.31. The van der Waals surface area contributed by atoms with E-state index in [1.807, 2.05) is 6.07 Å². The highest BCUT2D eigenvalue weighted by Gasteiger charge is 2.39. The molecule has 1 aliphatic carbocycles. The zero-order valence-corrected chi connectivity index (χ0v) is 17.0. The number of anilines is 2. The highest BCUT2D eigenvalue weighted by molar-refractivity contribution is 5.97. The van der Waals surface area contributed by atoms with Gasteiger partial charge in [-0.15, -0.1) is 0 Å². The first kappa shape index (κ1) is 20.1. The molecule has 0 spiro atoms. The summed E-state index contributed by atoms with van der Waals surface area (Å²) in [4.78, 5) is 43.1. The maximum absolute atomic E-state index is 12.8. The minimum absolute atomic E-state index is 0.0487. The number of nitrogens with zero attached hydrogens (tertiary/aromatic N) is 2. The largest absolute Gasteiger partial charge is 0.339 e. The van der Waals surface area contributed by atoms with E-state index in [-0.39, 0.29) is 29.6 Å². The van der Waals surface area contributed by atoms with E-state index in [0.717, 1.165) is 6.42 Å². The smallest absolute Gasteiger partial charge is 0.253 e. The Bertz CT molecular complexity index is 921. The van der Waals surface area contributed by atoms with Crippen LogP contribution in [0.5, 0.6) is 0 Å². The van der Waals surface area contributed by atoms with Gasteiger partial charge in [-0.25, -0.2) is 4.98 Å². The van der Waals surface area contributed by atoms with Gasteiger partial charge in [0.1, 0.15) is 5.82 Å². The van der Waals surface area contributed by atoms with E-state index in [0.29, 0.717) is 48.9 Å². The second-order valence-electron chi connectivity index (χ2n) is 8.16. The van der Waals surface area contributed by atoms with Gasteiger partial charge in [-0.3, -0.25) is 14.4 Å². The molecule has 1 saturated carbocycles. The first-order valence-corrected chi connectivity index (χ1v) is 10.4. The van der Waals surface area contributed by atoms with Crippen molar-refractivity contribution in [3.63, 3.8) is 0 Å². The molecule has 1 aliphatic heterocycles. The highest BCUT2D eigenvalue weighted by Crippen LogP contribution is 2.38. The van der Waals surface area contributed by atoms with Gasteiger partial charge in [0.2, 0.25) is 11.8 Å². The molecule has 30 heavy (non-hydrogen) atoms.